The number of alkyl halides is 2. The lowest BCUT2D eigenvalue weighted by atomic mass is 10.1. The Balaban J connectivity index is 1.49. The van der Waals surface area contributed by atoms with Crippen LogP contribution in [0.1, 0.15) is 66.0 Å². The van der Waals surface area contributed by atoms with Crippen LogP contribution in [0.4, 0.5) is 0 Å². The molecular weight excluding hydrogens is 606 g/mol. The number of aryl methyl sites for hydroxylation is 1. The monoisotopic (exact) mass is 639 g/mol. The molecule has 0 aliphatic carbocycles. The van der Waals surface area contributed by atoms with Crippen LogP contribution in [0.25, 0.3) is 46.1 Å². The number of fused-ring (bicyclic) bond motifs is 3. The summed E-state index contributed by atoms with van der Waals surface area (Å²) in [6.45, 7) is 3.32. The summed E-state index contributed by atoms with van der Waals surface area (Å²) >= 11 is 7.06. The molecule has 3 heteroatoms. The lowest BCUT2D eigenvalue weighted by Crippen LogP contribution is -1.98. The number of nitrogens with zero attached hydrogens (tertiary/aromatic N) is 1. The van der Waals surface area contributed by atoms with Gasteiger partial charge in [-0.1, -0.05) is 155 Å². The van der Waals surface area contributed by atoms with Gasteiger partial charge in [-0.3, -0.25) is 0 Å². The minimum atomic E-state index is 0.887. The molecule has 1 aromatic heterocycles. The molecule has 0 radical (unpaired) electrons. The Morgan fingerprint density at radius 2 is 0.974 bits per heavy atom. The van der Waals surface area contributed by atoms with E-state index in [4.69, 9.17) is 0 Å². The van der Waals surface area contributed by atoms with Crippen LogP contribution in [-0.4, -0.2) is 4.57 Å². The predicted octanol–water partition coefficient (Wildman–Crippen LogP) is 11.5. The van der Waals surface area contributed by atoms with Crippen molar-refractivity contribution in [1.82, 2.24) is 4.57 Å². The first-order valence-electron chi connectivity index (χ1n) is 13.9. The van der Waals surface area contributed by atoms with Crippen molar-refractivity contribution < 1.29 is 0 Å². The number of unbranched alkanes of at least 4 members (excludes halogenated alkanes) is 3. The van der Waals surface area contributed by atoms with Crippen LogP contribution in [0.3, 0.4) is 0 Å². The molecule has 39 heavy (non-hydrogen) atoms. The van der Waals surface area contributed by atoms with E-state index in [1.807, 2.05) is 0 Å². The Bertz CT molecular complexity index is 1470. The normalized spacial score (nSPS) is 12.0. The van der Waals surface area contributed by atoms with E-state index in [0.29, 0.717) is 0 Å². The fourth-order valence-corrected chi connectivity index (χ4v) is 5.84. The van der Waals surface area contributed by atoms with Gasteiger partial charge in [0, 0.05) is 39.0 Å². The summed E-state index contributed by atoms with van der Waals surface area (Å²) in [7, 11) is 0. The molecule has 5 rings (SSSR count). The Hall–Kier alpha value is -2.88. The number of benzene rings is 4. The summed E-state index contributed by atoms with van der Waals surface area (Å²) in [5, 5.41) is 4.44. The third-order valence-electron chi connectivity index (χ3n) is 7.36. The summed E-state index contributed by atoms with van der Waals surface area (Å²) in [6, 6.07) is 31.3. The zero-order valence-electron chi connectivity index (χ0n) is 22.5. The molecule has 0 amide bonds. The van der Waals surface area contributed by atoms with E-state index < -0.39 is 0 Å². The third kappa shape index (κ3) is 6.83. The van der Waals surface area contributed by atoms with Gasteiger partial charge < -0.3 is 4.57 Å². The Kier molecular flexibility index (Phi) is 9.55. The van der Waals surface area contributed by atoms with E-state index in [9.17, 15) is 0 Å². The van der Waals surface area contributed by atoms with Crippen molar-refractivity contribution in [2.45, 2.75) is 49.8 Å². The fourth-order valence-electron chi connectivity index (χ4n) is 5.09. The van der Waals surface area contributed by atoms with E-state index in [1.54, 1.807) is 0 Å². The zero-order chi connectivity index (χ0) is 27.0. The molecule has 0 aliphatic rings. The van der Waals surface area contributed by atoms with Gasteiger partial charge in [0.2, 0.25) is 0 Å². The number of halogens is 2. The standard InChI is InChI=1S/C36H35Br2N/c1-2-3-4-5-22-39-35-23-29(12-6-27-8-14-31(25-37)15-9-27)18-20-33(35)34-21-19-30(24-36(34)39)13-7-28-10-16-32(26-38)17-11-28/h6-21,23-24H,2-5,22,25-26H2,1H3/b12-6+,13-7+. The molecule has 0 saturated heterocycles. The minimum absolute atomic E-state index is 0.887. The maximum absolute atomic E-state index is 3.53. The molecule has 0 atom stereocenters. The number of aromatic nitrogens is 1. The molecule has 1 nitrogen and oxygen atoms in total. The molecule has 0 unspecified atom stereocenters. The second kappa shape index (κ2) is 13.5. The molecule has 4 aromatic carbocycles. The third-order valence-corrected chi connectivity index (χ3v) is 8.65. The molecule has 5 aromatic rings. The van der Waals surface area contributed by atoms with Gasteiger partial charge in [-0.15, -0.1) is 0 Å². The molecule has 0 bridgehead atoms. The van der Waals surface area contributed by atoms with E-state index in [-0.39, 0.29) is 0 Å². The van der Waals surface area contributed by atoms with Crippen molar-refractivity contribution in [3.8, 4) is 0 Å². The highest BCUT2D eigenvalue weighted by Gasteiger charge is 2.11. The molecule has 0 aliphatic heterocycles. The average Bonchev–Trinajstić information content (AvgIpc) is 3.29. The SMILES string of the molecule is CCCCCCn1c2cc(/C=C/c3ccc(CBr)cc3)ccc2c2ccc(/C=C/c3ccc(CBr)cc3)cc21. The predicted molar refractivity (Wildman–Crippen MR) is 180 cm³/mol. The highest BCUT2D eigenvalue weighted by molar-refractivity contribution is 9.08. The van der Waals surface area contributed by atoms with E-state index in [1.165, 1.54) is 80.9 Å². The number of hydrogen-bond donors (Lipinski definition) is 0. The maximum Gasteiger partial charge on any atom is 0.0497 e. The first kappa shape index (κ1) is 27.7. The summed E-state index contributed by atoms with van der Waals surface area (Å²) in [5.74, 6) is 0. The second-order valence-electron chi connectivity index (χ2n) is 10.2. The Labute approximate surface area is 249 Å². The van der Waals surface area contributed by atoms with Gasteiger partial charge in [-0.25, -0.2) is 0 Å². The smallest absolute Gasteiger partial charge is 0.0497 e. The number of hydrogen-bond acceptors (Lipinski definition) is 0. The van der Waals surface area contributed by atoms with Gasteiger partial charge in [0.15, 0.2) is 0 Å². The van der Waals surface area contributed by atoms with Crippen molar-refractivity contribution in [3.63, 3.8) is 0 Å². The van der Waals surface area contributed by atoms with Gasteiger partial charge in [0.25, 0.3) is 0 Å². The summed E-state index contributed by atoms with van der Waals surface area (Å²) in [6.07, 6.45) is 13.9. The van der Waals surface area contributed by atoms with Crippen molar-refractivity contribution in [1.29, 1.82) is 0 Å². The van der Waals surface area contributed by atoms with Crippen molar-refractivity contribution in [2.75, 3.05) is 0 Å². The quantitative estimate of drug-likeness (QED) is 0.0769. The van der Waals surface area contributed by atoms with Gasteiger partial charge >= 0.3 is 0 Å². The minimum Gasteiger partial charge on any atom is -0.340 e. The summed E-state index contributed by atoms with van der Waals surface area (Å²) in [4.78, 5) is 0. The first-order valence-corrected chi connectivity index (χ1v) is 16.1. The molecule has 0 spiro atoms. The first-order chi connectivity index (χ1) is 19.2. The molecule has 0 N–H and O–H groups in total. The molecular formula is C36H35Br2N. The molecule has 0 saturated carbocycles. The molecule has 0 fully saturated rings. The maximum atomic E-state index is 3.53. The lowest BCUT2D eigenvalue weighted by molar-refractivity contribution is 0.602. The molecule has 198 valence electrons. The van der Waals surface area contributed by atoms with Crippen molar-refractivity contribution in [3.05, 3.63) is 118 Å². The highest BCUT2D eigenvalue weighted by atomic mass is 79.9. The molecule has 1 heterocycles. The largest absolute Gasteiger partial charge is 0.340 e. The van der Waals surface area contributed by atoms with Gasteiger partial charge in [-0.05, 0) is 51.9 Å². The van der Waals surface area contributed by atoms with Gasteiger partial charge in [0.05, 0.1) is 0 Å². The summed E-state index contributed by atoms with van der Waals surface area (Å²) < 4.78 is 2.55. The lowest BCUT2D eigenvalue weighted by Gasteiger charge is -2.08. The van der Waals surface area contributed by atoms with Gasteiger partial charge in [0.1, 0.15) is 0 Å². The van der Waals surface area contributed by atoms with Crippen LogP contribution >= 0.6 is 31.9 Å². The summed E-state index contributed by atoms with van der Waals surface area (Å²) in [5.41, 5.74) is 10.1. The second-order valence-corrected chi connectivity index (χ2v) is 11.3. The van der Waals surface area contributed by atoms with E-state index in [2.05, 4.69) is 153 Å². The van der Waals surface area contributed by atoms with E-state index in [0.717, 1.165) is 17.2 Å². The van der Waals surface area contributed by atoms with Crippen LogP contribution in [-0.2, 0) is 17.2 Å². The average molecular weight is 641 g/mol. The van der Waals surface area contributed by atoms with Crippen LogP contribution in [0.5, 0.6) is 0 Å². The van der Waals surface area contributed by atoms with Gasteiger partial charge in [-0.2, -0.15) is 0 Å². The Morgan fingerprint density at radius 3 is 1.41 bits per heavy atom. The Morgan fingerprint density at radius 1 is 0.538 bits per heavy atom. The number of rotatable bonds is 11. The van der Waals surface area contributed by atoms with Crippen molar-refractivity contribution in [2.24, 2.45) is 0 Å². The topological polar surface area (TPSA) is 4.93 Å². The highest BCUT2D eigenvalue weighted by Crippen LogP contribution is 2.32. The fraction of sp³-hybridized carbons (Fsp3) is 0.222. The zero-order valence-corrected chi connectivity index (χ0v) is 25.7. The van der Waals surface area contributed by atoms with E-state index >= 15 is 0 Å². The van der Waals surface area contributed by atoms with Crippen LogP contribution in [0, 0.1) is 0 Å². The van der Waals surface area contributed by atoms with Crippen molar-refractivity contribution >= 4 is 78.0 Å². The van der Waals surface area contributed by atoms with Crippen LogP contribution in [0.2, 0.25) is 0 Å². The van der Waals surface area contributed by atoms with Crippen LogP contribution in [0.15, 0.2) is 84.9 Å². The van der Waals surface area contributed by atoms with Crippen LogP contribution < -0.4 is 0 Å².